The van der Waals surface area contributed by atoms with Crippen LogP contribution in [0.1, 0.15) is 22.1 Å². The number of ether oxygens (including phenoxy) is 1. The molecular weight excluding hydrogens is 254 g/mol. The second-order valence-corrected chi connectivity index (χ2v) is 4.49. The zero-order valence-corrected chi connectivity index (χ0v) is 10.9. The van der Waals surface area contributed by atoms with Crippen molar-refractivity contribution in [3.63, 3.8) is 0 Å². The molecule has 3 rings (SSSR count). The van der Waals surface area contributed by atoms with Crippen LogP contribution in [0.25, 0.3) is 0 Å². The molecule has 2 aromatic rings. The van der Waals surface area contributed by atoms with E-state index in [-0.39, 0.29) is 12.1 Å². The summed E-state index contributed by atoms with van der Waals surface area (Å²) >= 11 is 0. The predicted molar refractivity (Wildman–Crippen MR) is 73.7 cm³/mol. The highest BCUT2D eigenvalue weighted by Crippen LogP contribution is 2.20. The number of nitrogens with two attached hydrogens (primary N) is 1. The first-order valence-corrected chi connectivity index (χ1v) is 6.17. The average molecular weight is 267 g/mol. The smallest absolute Gasteiger partial charge is 0.337 e. The van der Waals surface area contributed by atoms with Crippen molar-refractivity contribution in [1.29, 1.82) is 0 Å². The molecule has 1 unspecified atom stereocenters. The topological polar surface area (TPSA) is 77.0 Å². The van der Waals surface area contributed by atoms with Gasteiger partial charge >= 0.3 is 5.97 Å². The standard InChI is InChI=1S/C15H13N3O2/c1-20-15(19)10-4-2-9(3-5-10)14-17-12-7-6-11(16)8-13(12)18-14/h2-8,14H,16H2,1H3. The second-order valence-electron chi connectivity index (χ2n) is 4.49. The lowest BCUT2D eigenvalue weighted by Crippen LogP contribution is -2.21. The molecule has 0 spiro atoms. The number of nitrogens with zero attached hydrogens (tertiary/aromatic N) is 2. The largest absolute Gasteiger partial charge is 0.465 e. The summed E-state index contributed by atoms with van der Waals surface area (Å²) in [6.45, 7) is 0. The quantitative estimate of drug-likeness (QED) is 0.651. The van der Waals surface area contributed by atoms with Gasteiger partial charge in [-0.3, -0.25) is 9.98 Å². The second kappa shape index (κ2) is 4.77. The SMILES string of the molecule is COC(=O)c1ccc(C2N=c3ccc(N)cc3=N2)cc1. The maximum atomic E-state index is 11.4. The fourth-order valence-electron chi connectivity index (χ4n) is 2.10. The molecule has 2 aromatic carbocycles. The van der Waals surface area contributed by atoms with Gasteiger partial charge in [-0.15, -0.1) is 0 Å². The first-order valence-electron chi connectivity index (χ1n) is 6.17. The van der Waals surface area contributed by atoms with Crippen LogP contribution in [0.5, 0.6) is 0 Å². The van der Waals surface area contributed by atoms with Gasteiger partial charge in [-0.05, 0) is 35.9 Å². The van der Waals surface area contributed by atoms with E-state index >= 15 is 0 Å². The number of nitrogen functional groups attached to an aromatic ring is 1. The number of anilines is 1. The number of hydrogen-bond donors (Lipinski definition) is 1. The fourth-order valence-corrected chi connectivity index (χ4v) is 2.10. The number of esters is 1. The molecule has 5 nitrogen and oxygen atoms in total. The number of rotatable bonds is 2. The van der Waals surface area contributed by atoms with Gasteiger partial charge < -0.3 is 10.5 Å². The van der Waals surface area contributed by atoms with Crippen LogP contribution >= 0.6 is 0 Å². The Balaban J connectivity index is 1.94. The molecule has 0 amide bonds. The van der Waals surface area contributed by atoms with Crippen LogP contribution < -0.4 is 16.4 Å². The summed E-state index contributed by atoms with van der Waals surface area (Å²) in [4.78, 5) is 20.4. The number of fused-ring (bicyclic) bond motifs is 1. The van der Waals surface area contributed by atoms with Gasteiger partial charge in [0.1, 0.15) is 0 Å². The normalized spacial score (nSPS) is 15.9. The number of carbonyl (C=O) groups excluding carboxylic acids is 1. The minimum Gasteiger partial charge on any atom is -0.465 e. The predicted octanol–water partition coefficient (Wildman–Crippen LogP) is 1.01. The van der Waals surface area contributed by atoms with Crippen molar-refractivity contribution in [2.75, 3.05) is 12.8 Å². The first-order chi connectivity index (χ1) is 9.67. The van der Waals surface area contributed by atoms with Crippen molar-refractivity contribution in [1.82, 2.24) is 0 Å². The van der Waals surface area contributed by atoms with Crippen LogP contribution in [-0.2, 0) is 4.74 Å². The molecule has 1 aliphatic rings. The van der Waals surface area contributed by atoms with Gasteiger partial charge in [-0.25, -0.2) is 4.79 Å². The summed E-state index contributed by atoms with van der Waals surface area (Å²) in [5, 5.41) is 1.63. The molecule has 1 atom stereocenters. The van der Waals surface area contributed by atoms with Gasteiger partial charge in [0.25, 0.3) is 0 Å². The van der Waals surface area contributed by atoms with E-state index in [4.69, 9.17) is 5.73 Å². The Bertz CT molecular complexity index is 782. The van der Waals surface area contributed by atoms with E-state index in [1.54, 1.807) is 18.2 Å². The minimum atomic E-state index is -0.354. The summed E-state index contributed by atoms with van der Waals surface area (Å²) < 4.78 is 4.67. The van der Waals surface area contributed by atoms with E-state index in [9.17, 15) is 4.79 Å². The lowest BCUT2D eigenvalue weighted by Gasteiger charge is -2.05. The van der Waals surface area contributed by atoms with E-state index < -0.39 is 0 Å². The molecular formula is C15H13N3O2. The van der Waals surface area contributed by atoms with Crippen molar-refractivity contribution in [3.8, 4) is 0 Å². The molecule has 0 fully saturated rings. The van der Waals surface area contributed by atoms with Crippen molar-refractivity contribution in [2.24, 2.45) is 9.98 Å². The number of benzene rings is 2. The molecule has 0 aliphatic carbocycles. The summed E-state index contributed by atoms with van der Waals surface area (Å²) in [6.07, 6.45) is -0.279. The fraction of sp³-hybridized carbons (Fsp3) is 0.133. The number of hydrogen-bond acceptors (Lipinski definition) is 5. The Labute approximate surface area is 115 Å². The Hall–Kier alpha value is -2.69. The van der Waals surface area contributed by atoms with Crippen LogP contribution in [-0.4, -0.2) is 13.1 Å². The van der Waals surface area contributed by atoms with E-state index in [0.717, 1.165) is 16.3 Å². The van der Waals surface area contributed by atoms with Gasteiger partial charge in [0.15, 0.2) is 6.17 Å². The van der Waals surface area contributed by atoms with E-state index in [2.05, 4.69) is 14.7 Å². The third kappa shape index (κ3) is 2.14. The van der Waals surface area contributed by atoms with Gasteiger partial charge in [0.05, 0.1) is 23.4 Å². The third-order valence-electron chi connectivity index (χ3n) is 3.15. The molecule has 2 N–H and O–H groups in total. The molecule has 5 heteroatoms. The monoisotopic (exact) mass is 267 g/mol. The van der Waals surface area contributed by atoms with Crippen molar-refractivity contribution < 1.29 is 9.53 Å². The van der Waals surface area contributed by atoms with Crippen LogP contribution in [0.3, 0.4) is 0 Å². The minimum absolute atomic E-state index is 0.279. The first kappa shape index (κ1) is 12.3. The van der Waals surface area contributed by atoms with E-state index in [1.807, 2.05) is 24.3 Å². The van der Waals surface area contributed by atoms with Gasteiger partial charge in [0.2, 0.25) is 0 Å². The Morgan fingerprint density at radius 1 is 1.10 bits per heavy atom. The Morgan fingerprint density at radius 3 is 2.50 bits per heavy atom. The third-order valence-corrected chi connectivity index (χ3v) is 3.15. The van der Waals surface area contributed by atoms with E-state index in [0.29, 0.717) is 11.3 Å². The van der Waals surface area contributed by atoms with Gasteiger partial charge in [0, 0.05) is 5.69 Å². The number of methoxy groups -OCH3 is 1. The molecule has 1 aliphatic heterocycles. The highest BCUT2D eigenvalue weighted by atomic mass is 16.5. The Kier molecular flexibility index (Phi) is 2.95. The molecule has 0 bridgehead atoms. The van der Waals surface area contributed by atoms with Crippen LogP contribution in [0, 0.1) is 0 Å². The average Bonchev–Trinajstić information content (AvgIpc) is 2.89. The molecule has 0 aromatic heterocycles. The van der Waals surface area contributed by atoms with E-state index in [1.165, 1.54) is 7.11 Å². The lowest BCUT2D eigenvalue weighted by atomic mass is 10.1. The van der Waals surface area contributed by atoms with Crippen LogP contribution in [0.4, 0.5) is 5.69 Å². The van der Waals surface area contributed by atoms with Crippen molar-refractivity contribution >= 4 is 11.7 Å². The molecule has 1 heterocycles. The van der Waals surface area contributed by atoms with Crippen LogP contribution in [0.2, 0.25) is 0 Å². The van der Waals surface area contributed by atoms with Gasteiger partial charge in [-0.2, -0.15) is 0 Å². The number of carbonyl (C=O) groups is 1. The van der Waals surface area contributed by atoms with Crippen LogP contribution in [0.15, 0.2) is 52.4 Å². The molecule has 0 radical (unpaired) electrons. The molecule has 100 valence electrons. The zero-order chi connectivity index (χ0) is 14.1. The van der Waals surface area contributed by atoms with Crippen molar-refractivity contribution in [3.05, 3.63) is 64.3 Å². The summed E-state index contributed by atoms with van der Waals surface area (Å²) in [5.41, 5.74) is 7.83. The van der Waals surface area contributed by atoms with Gasteiger partial charge in [-0.1, -0.05) is 12.1 Å². The molecule has 0 saturated carbocycles. The highest BCUT2D eigenvalue weighted by Gasteiger charge is 2.13. The molecule has 20 heavy (non-hydrogen) atoms. The van der Waals surface area contributed by atoms with Crippen molar-refractivity contribution in [2.45, 2.75) is 6.17 Å². The maximum Gasteiger partial charge on any atom is 0.337 e. The molecule has 0 saturated heterocycles. The lowest BCUT2D eigenvalue weighted by molar-refractivity contribution is 0.0600. The summed E-state index contributed by atoms with van der Waals surface area (Å²) in [7, 11) is 1.36. The summed E-state index contributed by atoms with van der Waals surface area (Å²) in [5.74, 6) is -0.354. The maximum absolute atomic E-state index is 11.4. The zero-order valence-electron chi connectivity index (χ0n) is 10.9. The summed E-state index contributed by atoms with van der Waals surface area (Å²) in [6, 6.07) is 12.6. The Morgan fingerprint density at radius 2 is 1.80 bits per heavy atom. The highest BCUT2D eigenvalue weighted by molar-refractivity contribution is 5.89.